The number of aryl methyl sites for hydroxylation is 2. The first kappa shape index (κ1) is 33.4. The highest BCUT2D eigenvalue weighted by molar-refractivity contribution is 7.99. The van der Waals surface area contributed by atoms with Crippen molar-refractivity contribution in [3.05, 3.63) is 118 Å². The highest BCUT2D eigenvalue weighted by Gasteiger charge is 2.24. The summed E-state index contributed by atoms with van der Waals surface area (Å²) in [5.41, 5.74) is 10.0. The quantitative estimate of drug-likeness (QED) is 0.180. The molecule has 0 radical (unpaired) electrons. The van der Waals surface area contributed by atoms with Crippen molar-refractivity contribution in [3.8, 4) is 22.9 Å². The molecule has 0 unspecified atom stereocenters. The van der Waals surface area contributed by atoms with Crippen molar-refractivity contribution < 1.29 is 10.2 Å². The van der Waals surface area contributed by atoms with Gasteiger partial charge in [0.15, 0.2) is 0 Å². The number of rotatable bonds is 6. The molecule has 0 spiro atoms. The van der Waals surface area contributed by atoms with E-state index in [4.69, 9.17) is 10.2 Å². The van der Waals surface area contributed by atoms with E-state index in [1.54, 1.807) is 21.4 Å². The van der Waals surface area contributed by atoms with Crippen LogP contribution >= 0.6 is 11.8 Å². The Bertz CT molecular complexity index is 2230. The average Bonchev–Trinajstić information content (AvgIpc) is 3.66. The van der Waals surface area contributed by atoms with Crippen molar-refractivity contribution >= 4 is 33.8 Å². The van der Waals surface area contributed by atoms with Gasteiger partial charge in [-0.2, -0.15) is 0 Å². The van der Waals surface area contributed by atoms with Crippen LogP contribution < -0.4 is 0 Å². The van der Waals surface area contributed by atoms with Crippen LogP contribution in [0.4, 0.5) is 0 Å². The van der Waals surface area contributed by atoms with Gasteiger partial charge in [-0.25, -0.2) is 0 Å². The highest BCUT2D eigenvalue weighted by atomic mass is 32.2. The van der Waals surface area contributed by atoms with Crippen molar-refractivity contribution in [1.82, 2.24) is 30.0 Å². The molecular weight excluding hydrogens is 641 g/mol. The van der Waals surface area contributed by atoms with Crippen molar-refractivity contribution in [3.63, 3.8) is 0 Å². The van der Waals surface area contributed by atoms with E-state index in [-0.39, 0.29) is 22.3 Å². The molecule has 0 saturated carbocycles. The molecule has 9 heteroatoms. The third kappa shape index (κ3) is 6.57. The fourth-order valence-corrected chi connectivity index (χ4v) is 7.11. The Morgan fingerprint density at radius 1 is 0.520 bits per heavy atom. The summed E-state index contributed by atoms with van der Waals surface area (Å²) in [7, 11) is 0. The van der Waals surface area contributed by atoms with Gasteiger partial charge in [0.05, 0.1) is 0 Å². The zero-order chi connectivity index (χ0) is 35.5. The molecule has 2 aromatic heterocycles. The first-order valence-corrected chi connectivity index (χ1v) is 17.6. The number of phenolic OH excluding ortho intramolecular Hbond substituents is 2. The number of hydrogen-bond donors (Lipinski definition) is 2. The van der Waals surface area contributed by atoms with E-state index in [1.165, 1.54) is 5.56 Å². The summed E-state index contributed by atoms with van der Waals surface area (Å²) in [5.74, 6) is 0.423. The smallest absolute Gasteiger partial charge is 0.146 e. The van der Waals surface area contributed by atoms with Crippen LogP contribution in [0, 0.1) is 13.8 Å². The highest BCUT2D eigenvalue weighted by Crippen LogP contribution is 2.38. The largest absolute Gasteiger partial charge is 0.505 e. The maximum absolute atomic E-state index is 11.1. The molecule has 2 heterocycles. The second kappa shape index (κ2) is 12.3. The van der Waals surface area contributed by atoms with Gasteiger partial charge in [0, 0.05) is 20.9 Å². The zero-order valence-electron chi connectivity index (χ0n) is 29.8. The molecule has 8 nitrogen and oxygen atoms in total. The normalized spacial score (nSPS) is 12.3. The summed E-state index contributed by atoms with van der Waals surface area (Å²) in [6.45, 7) is 16.6. The predicted molar refractivity (Wildman–Crippen MR) is 201 cm³/mol. The van der Waals surface area contributed by atoms with Gasteiger partial charge in [0.1, 0.15) is 44.9 Å². The fourth-order valence-electron chi connectivity index (χ4n) is 6.26. The first-order valence-electron chi connectivity index (χ1n) is 16.8. The van der Waals surface area contributed by atoms with Crippen molar-refractivity contribution in [2.45, 2.75) is 82.4 Å². The molecule has 0 aliphatic heterocycles. The molecule has 0 saturated heterocycles. The lowest BCUT2D eigenvalue weighted by molar-refractivity contribution is 0.439. The van der Waals surface area contributed by atoms with Gasteiger partial charge in [-0.1, -0.05) is 83.6 Å². The topological polar surface area (TPSA) is 102 Å². The third-order valence-electron chi connectivity index (χ3n) is 8.88. The van der Waals surface area contributed by atoms with Crippen LogP contribution in [-0.2, 0) is 17.3 Å². The Balaban J connectivity index is 1.07. The molecular formula is C41H42N6O2S. The second-order valence-corrected chi connectivity index (χ2v) is 16.4. The van der Waals surface area contributed by atoms with Gasteiger partial charge in [-0.3, -0.25) is 0 Å². The van der Waals surface area contributed by atoms with Gasteiger partial charge in [0.25, 0.3) is 0 Å². The number of fused-ring (bicyclic) bond motifs is 2. The van der Waals surface area contributed by atoms with Crippen LogP contribution in [0.2, 0.25) is 0 Å². The lowest BCUT2D eigenvalue weighted by Gasteiger charge is -2.22. The van der Waals surface area contributed by atoms with Crippen LogP contribution in [0.25, 0.3) is 33.4 Å². The fraction of sp³-hybridized carbons (Fsp3) is 0.268. The molecule has 50 heavy (non-hydrogen) atoms. The van der Waals surface area contributed by atoms with Crippen LogP contribution in [-0.4, -0.2) is 40.2 Å². The van der Waals surface area contributed by atoms with Crippen molar-refractivity contribution in [2.24, 2.45) is 0 Å². The van der Waals surface area contributed by atoms with Crippen molar-refractivity contribution in [2.75, 3.05) is 0 Å². The zero-order valence-corrected chi connectivity index (χ0v) is 30.6. The lowest BCUT2D eigenvalue weighted by atomic mass is 9.85. The summed E-state index contributed by atoms with van der Waals surface area (Å²) in [4.78, 5) is 5.27. The standard InChI is InChI=1S/C41H42N6O2S/c1-24-17-30(40(3,4)5)38(48)36(19-24)46-42-32-15-11-27(22-34(32)44-46)21-26-9-12-28(13-10-26)50-29-14-16-33-35(23-29)45-47(43-33)37-20-25(2)18-31(39(37)49)41(6,7)8/h9-20,22-23,48-49H,21H2,1-8H3. The van der Waals surface area contributed by atoms with Gasteiger partial charge < -0.3 is 10.2 Å². The maximum Gasteiger partial charge on any atom is 0.146 e. The number of benzene rings is 5. The first-order chi connectivity index (χ1) is 23.6. The summed E-state index contributed by atoms with van der Waals surface area (Å²) in [6.07, 6.45) is 0.759. The molecule has 5 aromatic carbocycles. The van der Waals surface area contributed by atoms with Crippen LogP contribution in [0.5, 0.6) is 11.5 Å². The molecule has 0 aliphatic carbocycles. The molecule has 0 fully saturated rings. The van der Waals surface area contributed by atoms with E-state index in [2.05, 4.69) is 94.2 Å². The van der Waals surface area contributed by atoms with Gasteiger partial charge in [0.2, 0.25) is 0 Å². The van der Waals surface area contributed by atoms with Gasteiger partial charge in [-0.05, 0) is 108 Å². The molecule has 0 amide bonds. The summed E-state index contributed by atoms with van der Waals surface area (Å²) >= 11 is 1.67. The van der Waals surface area contributed by atoms with Gasteiger partial charge >= 0.3 is 0 Å². The minimum absolute atomic E-state index is 0.210. The molecule has 7 rings (SSSR count). The minimum atomic E-state index is -0.212. The molecule has 0 atom stereocenters. The van der Waals surface area contributed by atoms with E-state index in [0.717, 1.165) is 66.1 Å². The minimum Gasteiger partial charge on any atom is -0.505 e. The Labute approximate surface area is 296 Å². The Morgan fingerprint density at radius 2 is 0.960 bits per heavy atom. The SMILES string of the molecule is Cc1cc(-n2nc3ccc(Cc4ccc(Sc5ccc6nn(-c7cc(C)cc(C(C)(C)C)c7O)nc6c5)cc4)cc3n2)c(O)c(C(C)(C)C)c1. The van der Waals surface area contributed by atoms with E-state index in [0.29, 0.717) is 11.4 Å². The summed E-state index contributed by atoms with van der Waals surface area (Å²) < 4.78 is 0. The van der Waals surface area contributed by atoms with Crippen LogP contribution in [0.1, 0.15) is 74.9 Å². The lowest BCUT2D eigenvalue weighted by Crippen LogP contribution is -2.13. The number of phenols is 2. The van der Waals surface area contributed by atoms with E-state index in [1.807, 2.05) is 56.3 Å². The number of hydrogen-bond acceptors (Lipinski definition) is 7. The monoisotopic (exact) mass is 682 g/mol. The van der Waals surface area contributed by atoms with Crippen LogP contribution in [0.3, 0.4) is 0 Å². The maximum atomic E-state index is 11.1. The summed E-state index contributed by atoms with van der Waals surface area (Å²) in [6, 6.07) is 28.7. The van der Waals surface area contributed by atoms with Crippen LogP contribution in [0.15, 0.2) is 94.7 Å². The number of aromatic nitrogens is 6. The Kier molecular flexibility index (Phi) is 8.22. The Morgan fingerprint density at radius 3 is 1.48 bits per heavy atom. The van der Waals surface area contributed by atoms with E-state index >= 15 is 0 Å². The number of aromatic hydroxyl groups is 2. The predicted octanol–water partition coefficient (Wildman–Crippen LogP) is 9.52. The van der Waals surface area contributed by atoms with Gasteiger partial charge in [-0.15, -0.1) is 30.0 Å². The number of nitrogens with zero attached hydrogens (tertiary/aromatic N) is 6. The molecule has 0 aliphatic rings. The van der Waals surface area contributed by atoms with Crippen molar-refractivity contribution in [1.29, 1.82) is 0 Å². The molecule has 0 bridgehead atoms. The van der Waals surface area contributed by atoms with E-state index in [9.17, 15) is 10.2 Å². The third-order valence-corrected chi connectivity index (χ3v) is 9.88. The molecule has 254 valence electrons. The average molecular weight is 683 g/mol. The van der Waals surface area contributed by atoms with E-state index < -0.39 is 0 Å². The molecule has 7 aromatic rings. The summed E-state index contributed by atoms with van der Waals surface area (Å²) in [5, 5.41) is 41.1. The molecule has 2 N–H and O–H groups in total. The second-order valence-electron chi connectivity index (χ2n) is 15.2. The Hall–Kier alpha value is -5.15.